The molecule has 0 aliphatic heterocycles. The van der Waals surface area contributed by atoms with Crippen LogP contribution in [0.4, 0.5) is 16.2 Å². The number of rotatable bonds is 3. The third kappa shape index (κ3) is 4.61. The maximum atomic E-state index is 12.3. The molecule has 0 radical (unpaired) electrons. The normalized spacial score (nSPS) is 16.4. The maximum absolute atomic E-state index is 12.3. The first-order chi connectivity index (χ1) is 9.49. The van der Waals surface area contributed by atoms with Gasteiger partial charge in [-0.3, -0.25) is 4.79 Å². The minimum Gasteiger partial charge on any atom is -0.351 e. The van der Waals surface area contributed by atoms with E-state index in [1.165, 1.54) is 0 Å². The molecule has 6 nitrogen and oxygen atoms in total. The summed E-state index contributed by atoms with van der Waals surface area (Å²) in [5.74, 6) is -0.173. The SMILES string of the molecule is Cl.NC(=O)Nc1cccc(NC(=O)C2(N)CCCCC2)c1. The van der Waals surface area contributed by atoms with Crippen molar-refractivity contribution < 1.29 is 9.59 Å². The molecule has 1 aromatic carbocycles. The van der Waals surface area contributed by atoms with Crippen molar-refractivity contribution in [3.8, 4) is 0 Å². The maximum Gasteiger partial charge on any atom is 0.316 e. The average molecular weight is 313 g/mol. The van der Waals surface area contributed by atoms with Crippen molar-refractivity contribution in [2.45, 2.75) is 37.6 Å². The van der Waals surface area contributed by atoms with Crippen molar-refractivity contribution in [2.75, 3.05) is 10.6 Å². The van der Waals surface area contributed by atoms with Gasteiger partial charge in [0.1, 0.15) is 0 Å². The first-order valence-corrected chi connectivity index (χ1v) is 6.76. The zero-order chi connectivity index (χ0) is 14.6. The Labute approximate surface area is 130 Å². The zero-order valence-corrected chi connectivity index (χ0v) is 12.5. The summed E-state index contributed by atoms with van der Waals surface area (Å²) < 4.78 is 0. The lowest BCUT2D eigenvalue weighted by atomic mass is 9.82. The van der Waals surface area contributed by atoms with Crippen LogP contribution in [0.1, 0.15) is 32.1 Å². The van der Waals surface area contributed by atoms with Crippen LogP contribution in [0, 0.1) is 0 Å². The number of hydrogen-bond acceptors (Lipinski definition) is 3. The van der Waals surface area contributed by atoms with E-state index in [1.54, 1.807) is 24.3 Å². The Hall–Kier alpha value is -1.79. The van der Waals surface area contributed by atoms with Gasteiger partial charge in [-0.15, -0.1) is 12.4 Å². The van der Waals surface area contributed by atoms with Gasteiger partial charge >= 0.3 is 6.03 Å². The van der Waals surface area contributed by atoms with Gasteiger partial charge in [0.05, 0.1) is 5.54 Å². The van der Waals surface area contributed by atoms with Gasteiger partial charge in [-0.25, -0.2) is 4.79 Å². The van der Waals surface area contributed by atoms with Crippen LogP contribution in [0.2, 0.25) is 0 Å². The van der Waals surface area contributed by atoms with Crippen LogP contribution < -0.4 is 22.1 Å². The van der Waals surface area contributed by atoms with Crippen LogP contribution in [0.15, 0.2) is 24.3 Å². The lowest BCUT2D eigenvalue weighted by molar-refractivity contribution is -0.122. The Kier molecular flexibility index (Phi) is 5.99. The summed E-state index contributed by atoms with van der Waals surface area (Å²) in [6.07, 6.45) is 4.50. The largest absolute Gasteiger partial charge is 0.351 e. The van der Waals surface area contributed by atoms with E-state index in [4.69, 9.17) is 11.5 Å². The third-order valence-electron chi connectivity index (χ3n) is 3.59. The van der Waals surface area contributed by atoms with Crippen LogP contribution in [-0.2, 0) is 4.79 Å². The predicted molar refractivity (Wildman–Crippen MR) is 85.5 cm³/mol. The second kappa shape index (κ2) is 7.28. The average Bonchev–Trinajstić information content (AvgIpc) is 2.39. The first-order valence-electron chi connectivity index (χ1n) is 6.76. The molecule has 2 rings (SSSR count). The summed E-state index contributed by atoms with van der Waals surface area (Å²) in [6.45, 7) is 0. The molecule has 0 atom stereocenters. The number of anilines is 2. The van der Waals surface area contributed by atoms with Crippen molar-refractivity contribution in [3.63, 3.8) is 0 Å². The predicted octanol–water partition coefficient (Wildman–Crippen LogP) is 2.20. The summed E-state index contributed by atoms with van der Waals surface area (Å²) in [7, 11) is 0. The molecule has 3 amide bonds. The molecule has 0 aromatic heterocycles. The van der Waals surface area contributed by atoms with Crippen LogP contribution in [0.5, 0.6) is 0 Å². The standard InChI is InChI=1S/C14H20N4O2.ClH/c15-13(20)18-11-6-4-5-10(9-11)17-12(19)14(16)7-2-1-3-8-14;/h4-6,9H,1-3,7-8,16H2,(H,17,19)(H3,15,18,20);1H. The number of amides is 3. The minimum atomic E-state index is -0.786. The zero-order valence-electron chi connectivity index (χ0n) is 11.7. The van der Waals surface area contributed by atoms with E-state index >= 15 is 0 Å². The van der Waals surface area contributed by atoms with E-state index in [-0.39, 0.29) is 18.3 Å². The van der Waals surface area contributed by atoms with E-state index in [9.17, 15) is 9.59 Å². The van der Waals surface area contributed by atoms with Gasteiger partial charge in [0, 0.05) is 11.4 Å². The van der Waals surface area contributed by atoms with Crippen molar-refractivity contribution in [1.82, 2.24) is 0 Å². The van der Waals surface area contributed by atoms with E-state index in [2.05, 4.69) is 10.6 Å². The summed E-state index contributed by atoms with van der Waals surface area (Å²) in [4.78, 5) is 23.1. The Bertz CT molecular complexity index is 515. The number of nitrogens with one attached hydrogen (secondary N) is 2. The molecule has 7 heteroatoms. The number of nitrogens with two attached hydrogens (primary N) is 2. The van der Waals surface area contributed by atoms with Crippen LogP contribution in [0.25, 0.3) is 0 Å². The summed E-state index contributed by atoms with van der Waals surface area (Å²) in [5.41, 5.74) is 11.6. The summed E-state index contributed by atoms with van der Waals surface area (Å²) in [6, 6.07) is 6.17. The van der Waals surface area contributed by atoms with Crippen LogP contribution in [0.3, 0.4) is 0 Å². The molecule has 1 saturated carbocycles. The Morgan fingerprint density at radius 3 is 2.19 bits per heavy atom. The van der Waals surface area contributed by atoms with Crippen molar-refractivity contribution in [1.29, 1.82) is 0 Å². The molecule has 1 aliphatic carbocycles. The highest BCUT2D eigenvalue weighted by Crippen LogP contribution is 2.27. The van der Waals surface area contributed by atoms with Crippen LogP contribution in [-0.4, -0.2) is 17.5 Å². The van der Waals surface area contributed by atoms with Gasteiger partial charge in [0.25, 0.3) is 0 Å². The molecule has 0 saturated heterocycles. The molecular formula is C14H21ClN4O2. The lowest BCUT2D eigenvalue weighted by Crippen LogP contribution is -2.52. The number of benzene rings is 1. The number of hydrogen-bond donors (Lipinski definition) is 4. The van der Waals surface area contributed by atoms with Gasteiger partial charge in [-0.1, -0.05) is 25.3 Å². The smallest absolute Gasteiger partial charge is 0.316 e. The molecule has 0 spiro atoms. The van der Waals surface area contributed by atoms with Gasteiger partial charge in [0.2, 0.25) is 5.91 Å². The number of urea groups is 1. The minimum absolute atomic E-state index is 0. The quantitative estimate of drug-likeness (QED) is 0.686. The molecule has 1 aliphatic rings. The van der Waals surface area contributed by atoms with Crippen molar-refractivity contribution in [3.05, 3.63) is 24.3 Å². The second-order valence-corrected chi connectivity index (χ2v) is 5.24. The van der Waals surface area contributed by atoms with Crippen molar-refractivity contribution >= 4 is 35.7 Å². The van der Waals surface area contributed by atoms with Gasteiger partial charge in [0.15, 0.2) is 0 Å². The summed E-state index contributed by atoms with van der Waals surface area (Å²) in [5, 5.41) is 5.27. The topological polar surface area (TPSA) is 110 Å². The molecule has 0 unspecified atom stereocenters. The second-order valence-electron chi connectivity index (χ2n) is 5.24. The van der Waals surface area contributed by atoms with Gasteiger partial charge in [-0.05, 0) is 31.0 Å². The van der Waals surface area contributed by atoms with E-state index in [0.717, 1.165) is 19.3 Å². The molecule has 1 fully saturated rings. The van der Waals surface area contributed by atoms with Gasteiger partial charge < -0.3 is 22.1 Å². The Morgan fingerprint density at radius 2 is 1.62 bits per heavy atom. The summed E-state index contributed by atoms with van der Waals surface area (Å²) >= 11 is 0. The number of carbonyl (C=O) groups is 2. The van der Waals surface area contributed by atoms with E-state index in [0.29, 0.717) is 24.2 Å². The fourth-order valence-electron chi connectivity index (χ4n) is 2.48. The molecule has 0 heterocycles. The lowest BCUT2D eigenvalue weighted by Gasteiger charge is -2.31. The number of halogens is 1. The molecule has 6 N–H and O–H groups in total. The Balaban J connectivity index is 0.00000220. The van der Waals surface area contributed by atoms with E-state index in [1.807, 2.05) is 0 Å². The molecular weight excluding hydrogens is 292 g/mol. The Morgan fingerprint density at radius 1 is 1.05 bits per heavy atom. The molecule has 0 bridgehead atoms. The van der Waals surface area contributed by atoms with Crippen molar-refractivity contribution in [2.24, 2.45) is 11.5 Å². The highest BCUT2D eigenvalue weighted by molar-refractivity contribution is 5.98. The first kappa shape index (κ1) is 17.3. The highest BCUT2D eigenvalue weighted by atomic mass is 35.5. The number of carbonyl (C=O) groups excluding carboxylic acids is 2. The molecule has 21 heavy (non-hydrogen) atoms. The fourth-order valence-corrected chi connectivity index (χ4v) is 2.48. The highest BCUT2D eigenvalue weighted by Gasteiger charge is 2.35. The monoisotopic (exact) mass is 312 g/mol. The molecule has 1 aromatic rings. The van der Waals surface area contributed by atoms with E-state index < -0.39 is 11.6 Å². The molecule has 116 valence electrons. The van der Waals surface area contributed by atoms with Gasteiger partial charge in [-0.2, -0.15) is 0 Å². The third-order valence-corrected chi connectivity index (χ3v) is 3.59. The van der Waals surface area contributed by atoms with Crippen LogP contribution >= 0.6 is 12.4 Å². The fraction of sp³-hybridized carbons (Fsp3) is 0.429. The number of primary amides is 1.